The van der Waals surface area contributed by atoms with Crippen molar-refractivity contribution in [3.05, 3.63) is 106 Å². The van der Waals surface area contributed by atoms with E-state index in [4.69, 9.17) is 27.6 Å². The van der Waals surface area contributed by atoms with Crippen LogP contribution in [0.5, 0.6) is 0 Å². The Balaban J connectivity index is 1.40. The molecule has 0 atom stereocenters. The van der Waals surface area contributed by atoms with Crippen molar-refractivity contribution in [2.45, 2.75) is 0 Å². The quantitative estimate of drug-likeness (QED) is 0.352. The first-order chi connectivity index (χ1) is 15.0. The second kappa shape index (κ2) is 9.08. The molecule has 0 aliphatic rings. The highest BCUT2D eigenvalue weighted by Crippen LogP contribution is 2.25. The van der Waals surface area contributed by atoms with Crippen LogP contribution in [0.1, 0.15) is 20.9 Å². The largest absolute Gasteiger partial charge is 0.451 e. The number of carbonyl (C=O) groups is 2. The molecular formula is C24H16Cl2N2O3. The lowest BCUT2D eigenvalue weighted by Crippen LogP contribution is -2.12. The number of hydrogen-bond donors (Lipinski definition) is 2. The summed E-state index contributed by atoms with van der Waals surface area (Å²) in [6.07, 6.45) is 0. The highest BCUT2D eigenvalue weighted by Gasteiger charge is 2.13. The Labute approximate surface area is 188 Å². The van der Waals surface area contributed by atoms with Crippen molar-refractivity contribution in [1.29, 1.82) is 0 Å². The van der Waals surface area contributed by atoms with Gasteiger partial charge in [-0.25, -0.2) is 0 Å². The zero-order chi connectivity index (χ0) is 21.8. The maximum absolute atomic E-state index is 12.5. The number of nitrogens with one attached hydrogen (secondary N) is 2. The number of anilines is 2. The third kappa shape index (κ3) is 5.15. The van der Waals surface area contributed by atoms with Gasteiger partial charge in [0.05, 0.1) is 0 Å². The SMILES string of the molecule is O=C(Nc1ccc(NC(=O)c2ccc(-c3cccc(Cl)c3)o2)cc1)c1cccc(Cl)c1. The van der Waals surface area contributed by atoms with E-state index >= 15 is 0 Å². The number of carbonyl (C=O) groups excluding carboxylic acids is 2. The molecule has 0 unspecified atom stereocenters. The molecule has 0 bridgehead atoms. The molecule has 154 valence electrons. The van der Waals surface area contributed by atoms with Crippen molar-refractivity contribution in [2.75, 3.05) is 10.6 Å². The first-order valence-electron chi connectivity index (χ1n) is 9.32. The Morgan fingerprint density at radius 3 is 1.94 bits per heavy atom. The molecule has 0 aliphatic carbocycles. The molecule has 0 fully saturated rings. The van der Waals surface area contributed by atoms with Crippen LogP contribution in [0.3, 0.4) is 0 Å². The minimum atomic E-state index is -0.385. The van der Waals surface area contributed by atoms with Crippen LogP contribution in [-0.4, -0.2) is 11.8 Å². The Morgan fingerprint density at radius 2 is 1.29 bits per heavy atom. The number of benzene rings is 3. The van der Waals surface area contributed by atoms with Gasteiger partial charge in [0.15, 0.2) is 5.76 Å². The van der Waals surface area contributed by atoms with Gasteiger partial charge >= 0.3 is 0 Å². The van der Waals surface area contributed by atoms with Gasteiger partial charge in [0.2, 0.25) is 0 Å². The summed E-state index contributed by atoms with van der Waals surface area (Å²) in [5.41, 5.74) is 2.39. The molecule has 0 radical (unpaired) electrons. The van der Waals surface area contributed by atoms with Gasteiger partial charge in [-0.2, -0.15) is 0 Å². The molecule has 0 saturated heterocycles. The summed E-state index contributed by atoms with van der Waals surface area (Å²) in [6.45, 7) is 0. The molecule has 31 heavy (non-hydrogen) atoms. The van der Waals surface area contributed by atoms with Gasteiger partial charge in [0, 0.05) is 32.5 Å². The van der Waals surface area contributed by atoms with Crippen LogP contribution in [-0.2, 0) is 0 Å². The van der Waals surface area contributed by atoms with E-state index in [1.165, 1.54) is 0 Å². The molecule has 3 aromatic carbocycles. The number of furan rings is 1. The average molecular weight is 451 g/mol. The van der Waals surface area contributed by atoms with E-state index in [0.29, 0.717) is 32.7 Å². The molecule has 1 heterocycles. The minimum absolute atomic E-state index is 0.174. The summed E-state index contributed by atoms with van der Waals surface area (Å²) >= 11 is 11.9. The summed E-state index contributed by atoms with van der Waals surface area (Å²) in [5, 5.41) is 6.62. The van der Waals surface area contributed by atoms with E-state index < -0.39 is 0 Å². The van der Waals surface area contributed by atoms with Crippen LogP contribution in [0.25, 0.3) is 11.3 Å². The highest BCUT2D eigenvalue weighted by molar-refractivity contribution is 6.31. The third-order valence-electron chi connectivity index (χ3n) is 4.43. The van der Waals surface area contributed by atoms with Crippen LogP contribution >= 0.6 is 23.2 Å². The van der Waals surface area contributed by atoms with Crippen LogP contribution in [0.15, 0.2) is 89.3 Å². The Morgan fingerprint density at radius 1 is 0.677 bits per heavy atom. The van der Waals surface area contributed by atoms with Gasteiger partial charge < -0.3 is 15.1 Å². The van der Waals surface area contributed by atoms with Crippen molar-refractivity contribution in [1.82, 2.24) is 0 Å². The minimum Gasteiger partial charge on any atom is -0.451 e. The Kier molecular flexibility index (Phi) is 6.07. The van der Waals surface area contributed by atoms with Gasteiger partial charge in [-0.3, -0.25) is 9.59 Å². The predicted octanol–water partition coefficient (Wildman–Crippen LogP) is 6.76. The normalized spacial score (nSPS) is 10.5. The van der Waals surface area contributed by atoms with E-state index in [1.54, 1.807) is 72.8 Å². The highest BCUT2D eigenvalue weighted by atomic mass is 35.5. The summed E-state index contributed by atoms with van der Waals surface area (Å²) in [5.74, 6) is 0.0624. The molecule has 7 heteroatoms. The maximum Gasteiger partial charge on any atom is 0.291 e. The van der Waals surface area contributed by atoms with Gasteiger partial charge in [0.1, 0.15) is 5.76 Å². The number of halogens is 2. The molecular weight excluding hydrogens is 435 g/mol. The lowest BCUT2D eigenvalue weighted by Gasteiger charge is -2.08. The zero-order valence-corrected chi connectivity index (χ0v) is 17.6. The molecule has 4 rings (SSSR count). The molecule has 5 nitrogen and oxygen atoms in total. The molecule has 0 aliphatic heterocycles. The van der Waals surface area contributed by atoms with Crippen LogP contribution in [0.2, 0.25) is 10.0 Å². The van der Waals surface area contributed by atoms with Crippen LogP contribution in [0.4, 0.5) is 11.4 Å². The van der Waals surface area contributed by atoms with E-state index in [-0.39, 0.29) is 17.6 Å². The van der Waals surface area contributed by atoms with Crippen molar-refractivity contribution < 1.29 is 14.0 Å². The second-order valence-corrected chi connectivity index (χ2v) is 7.54. The van der Waals surface area contributed by atoms with Gasteiger partial charge in [-0.05, 0) is 66.7 Å². The smallest absolute Gasteiger partial charge is 0.291 e. The number of hydrogen-bond acceptors (Lipinski definition) is 3. The van der Waals surface area contributed by atoms with Crippen molar-refractivity contribution >= 4 is 46.4 Å². The van der Waals surface area contributed by atoms with E-state index in [2.05, 4.69) is 10.6 Å². The lowest BCUT2D eigenvalue weighted by molar-refractivity contribution is 0.0995. The summed E-state index contributed by atoms with van der Waals surface area (Å²) in [4.78, 5) is 24.8. The maximum atomic E-state index is 12.5. The topological polar surface area (TPSA) is 71.3 Å². The fourth-order valence-corrected chi connectivity index (χ4v) is 3.30. The monoisotopic (exact) mass is 450 g/mol. The standard InChI is InChI=1S/C24H16Cl2N2O3/c25-17-5-1-3-15(13-17)21-11-12-22(31-21)24(30)28-20-9-7-19(8-10-20)27-23(29)16-4-2-6-18(26)14-16/h1-14H,(H,27,29)(H,28,30). The van der Waals surface area contributed by atoms with Gasteiger partial charge in [0.25, 0.3) is 11.8 Å². The first kappa shape index (κ1) is 20.7. The molecule has 2 N–H and O–H groups in total. The van der Waals surface area contributed by atoms with E-state index in [9.17, 15) is 9.59 Å². The first-order valence-corrected chi connectivity index (χ1v) is 10.1. The average Bonchev–Trinajstić information content (AvgIpc) is 3.26. The number of amides is 2. The zero-order valence-electron chi connectivity index (χ0n) is 16.1. The summed E-state index contributed by atoms with van der Waals surface area (Å²) in [7, 11) is 0. The van der Waals surface area contributed by atoms with Crippen molar-refractivity contribution in [2.24, 2.45) is 0 Å². The van der Waals surface area contributed by atoms with E-state index in [0.717, 1.165) is 5.56 Å². The second-order valence-electron chi connectivity index (χ2n) is 6.67. The van der Waals surface area contributed by atoms with E-state index in [1.807, 2.05) is 12.1 Å². The fraction of sp³-hybridized carbons (Fsp3) is 0. The van der Waals surface area contributed by atoms with Crippen LogP contribution in [0, 0.1) is 0 Å². The molecule has 2 amide bonds. The molecule has 4 aromatic rings. The molecule has 1 aromatic heterocycles. The van der Waals surface area contributed by atoms with Crippen LogP contribution < -0.4 is 10.6 Å². The number of rotatable bonds is 5. The van der Waals surface area contributed by atoms with Crippen molar-refractivity contribution in [3.8, 4) is 11.3 Å². The Hall–Kier alpha value is -3.54. The molecule has 0 spiro atoms. The van der Waals surface area contributed by atoms with Gasteiger partial charge in [-0.15, -0.1) is 0 Å². The van der Waals surface area contributed by atoms with Gasteiger partial charge in [-0.1, -0.05) is 41.4 Å². The lowest BCUT2D eigenvalue weighted by atomic mass is 10.2. The Bertz CT molecular complexity index is 1250. The third-order valence-corrected chi connectivity index (χ3v) is 4.90. The predicted molar refractivity (Wildman–Crippen MR) is 123 cm³/mol. The molecule has 0 saturated carbocycles. The van der Waals surface area contributed by atoms with Crippen molar-refractivity contribution in [3.63, 3.8) is 0 Å². The summed E-state index contributed by atoms with van der Waals surface area (Å²) < 4.78 is 5.66. The summed E-state index contributed by atoms with van der Waals surface area (Å²) in [6, 6.07) is 23.9. The fourth-order valence-electron chi connectivity index (χ4n) is 2.92.